The molecule has 1 atom stereocenters. The zero-order valence-corrected chi connectivity index (χ0v) is 20.9. The SMILES string of the molecule is NC(=O)c1cccc(-n2cnc3c2C(=O)C(c2ccc(-c4ccccc4CN4CCCC4)cc2F)NC3)c1. The Morgan fingerprint density at radius 1 is 1.05 bits per heavy atom. The minimum absolute atomic E-state index is 0.283. The molecule has 2 aliphatic rings. The van der Waals surface area contributed by atoms with Gasteiger partial charge in [-0.15, -0.1) is 0 Å². The van der Waals surface area contributed by atoms with Gasteiger partial charge in [0, 0.05) is 29.9 Å². The molecule has 0 radical (unpaired) electrons. The highest BCUT2D eigenvalue weighted by Gasteiger charge is 2.34. The lowest BCUT2D eigenvalue weighted by Gasteiger charge is -2.24. The molecule has 1 amide bonds. The minimum Gasteiger partial charge on any atom is -0.366 e. The number of nitrogens with zero attached hydrogens (tertiary/aromatic N) is 3. The van der Waals surface area contributed by atoms with Gasteiger partial charge in [-0.25, -0.2) is 9.37 Å². The zero-order chi connectivity index (χ0) is 26.2. The van der Waals surface area contributed by atoms with Crippen molar-refractivity contribution in [3.63, 3.8) is 0 Å². The number of carbonyl (C=O) groups is 2. The molecule has 3 aromatic carbocycles. The molecule has 3 N–H and O–H groups in total. The summed E-state index contributed by atoms with van der Waals surface area (Å²) in [6, 6.07) is 19.1. The van der Waals surface area contributed by atoms with Crippen LogP contribution < -0.4 is 11.1 Å². The molecule has 1 unspecified atom stereocenters. The third kappa shape index (κ3) is 4.42. The number of nitrogens with two attached hydrogens (primary N) is 1. The topological polar surface area (TPSA) is 93.2 Å². The van der Waals surface area contributed by atoms with E-state index < -0.39 is 17.8 Å². The third-order valence-corrected chi connectivity index (χ3v) is 7.45. The van der Waals surface area contributed by atoms with E-state index in [-0.39, 0.29) is 5.78 Å². The summed E-state index contributed by atoms with van der Waals surface area (Å²) in [5.74, 6) is -1.28. The molecule has 7 nitrogen and oxygen atoms in total. The van der Waals surface area contributed by atoms with Crippen LogP contribution in [0.5, 0.6) is 0 Å². The predicted octanol–water partition coefficient (Wildman–Crippen LogP) is 4.40. The number of Topliss-reactive ketones (excluding diaryl/α,β-unsaturated/α-hetero) is 1. The average Bonchev–Trinajstić information content (AvgIpc) is 3.60. The smallest absolute Gasteiger partial charge is 0.248 e. The Kier molecular flexibility index (Phi) is 6.35. The fourth-order valence-electron chi connectivity index (χ4n) is 5.51. The number of nitrogens with one attached hydrogen (secondary N) is 1. The first-order chi connectivity index (χ1) is 18.5. The summed E-state index contributed by atoms with van der Waals surface area (Å²) in [4.78, 5) is 32.1. The van der Waals surface area contributed by atoms with Gasteiger partial charge in [-0.05, 0) is 66.9 Å². The Hall–Kier alpha value is -4.14. The summed E-state index contributed by atoms with van der Waals surface area (Å²) in [5.41, 5.74) is 10.5. The number of halogens is 1. The minimum atomic E-state index is -0.855. The van der Waals surface area contributed by atoms with Crippen molar-refractivity contribution in [2.45, 2.75) is 32.0 Å². The average molecular weight is 510 g/mol. The van der Waals surface area contributed by atoms with Crippen LogP contribution in [-0.4, -0.2) is 39.2 Å². The highest BCUT2D eigenvalue weighted by Crippen LogP contribution is 2.32. The first-order valence-electron chi connectivity index (χ1n) is 12.8. The van der Waals surface area contributed by atoms with E-state index in [0.29, 0.717) is 34.7 Å². The van der Waals surface area contributed by atoms with Crippen molar-refractivity contribution >= 4 is 11.7 Å². The maximum atomic E-state index is 15.6. The highest BCUT2D eigenvalue weighted by molar-refractivity contribution is 6.02. The molecule has 4 aromatic rings. The van der Waals surface area contributed by atoms with Gasteiger partial charge < -0.3 is 5.73 Å². The van der Waals surface area contributed by atoms with Crippen LogP contribution >= 0.6 is 0 Å². The lowest BCUT2D eigenvalue weighted by Crippen LogP contribution is -2.36. The van der Waals surface area contributed by atoms with E-state index in [4.69, 9.17) is 5.73 Å². The number of carbonyl (C=O) groups excluding carboxylic acids is 2. The highest BCUT2D eigenvalue weighted by atomic mass is 19.1. The molecule has 2 aliphatic heterocycles. The first kappa shape index (κ1) is 24.2. The summed E-state index contributed by atoms with van der Waals surface area (Å²) in [6.07, 6.45) is 3.97. The van der Waals surface area contributed by atoms with Crippen molar-refractivity contribution in [3.05, 3.63) is 107 Å². The van der Waals surface area contributed by atoms with Gasteiger partial charge in [0.05, 0.1) is 5.69 Å². The number of primary amides is 1. The molecule has 192 valence electrons. The molecular weight excluding hydrogens is 481 g/mol. The van der Waals surface area contributed by atoms with E-state index >= 15 is 4.39 Å². The van der Waals surface area contributed by atoms with Crippen LogP contribution in [0.15, 0.2) is 73.1 Å². The Morgan fingerprint density at radius 3 is 2.66 bits per heavy atom. The van der Waals surface area contributed by atoms with Gasteiger partial charge >= 0.3 is 0 Å². The normalized spacial score (nSPS) is 17.5. The van der Waals surface area contributed by atoms with Crippen LogP contribution in [0.2, 0.25) is 0 Å². The number of benzene rings is 3. The molecule has 1 aromatic heterocycles. The van der Waals surface area contributed by atoms with Crippen LogP contribution in [0.4, 0.5) is 4.39 Å². The van der Waals surface area contributed by atoms with E-state index in [0.717, 1.165) is 30.8 Å². The summed E-state index contributed by atoms with van der Waals surface area (Å²) >= 11 is 0. The number of amides is 1. The van der Waals surface area contributed by atoms with Crippen LogP contribution in [-0.2, 0) is 13.1 Å². The molecule has 0 bridgehead atoms. The van der Waals surface area contributed by atoms with Crippen molar-refractivity contribution in [2.24, 2.45) is 5.73 Å². The van der Waals surface area contributed by atoms with E-state index in [1.165, 1.54) is 24.5 Å². The quantitative estimate of drug-likeness (QED) is 0.402. The van der Waals surface area contributed by atoms with E-state index in [9.17, 15) is 9.59 Å². The van der Waals surface area contributed by atoms with Gasteiger partial charge in [0.1, 0.15) is 23.9 Å². The number of fused-ring (bicyclic) bond motifs is 1. The summed E-state index contributed by atoms with van der Waals surface area (Å²) in [7, 11) is 0. The molecule has 1 fully saturated rings. The number of aromatic nitrogens is 2. The number of ketones is 1. The predicted molar refractivity (Wildman–Crippen MR) is 142 cm³/mol. The second-order valence-electron chi connectivity index (χ2n) is 9.88. The molecule has 0 spiro atoms. The van der Waals surface area contributed by atoms with Gasteiger partial charge in [-0.1, -0.05) is 42.5 Å². The standard InChI is InChI=1S/C30H28FN5O2/c31-25-15-19(23-9-2-1-6-21(23)17-35-12-3-4-13-35)10-11-24(25)27-29(37)28-26(16-33-27)34-18-36(28)22-8-5-7-20(14-22)30(32)38/h1-2,5-11,14-15,18,27,33H,3-4,12-13,16-17H2,(H2,32,38). The van der Waals surface area contributed by atoms with Crippen molar-refractivity contribution < 1.29 is 14.0 Å². The largest absolute Gasteiger partial charge is 0.366 e. The van der Waals surface area contributed by atoms with Gasteiger partial charge in [0.15, 0.2) is 0 Å². The van der Waals surface area contributed by atoms with Crippen molar-refractivity contribution in [2.75, 3.05) is 13.1 Å². The zero-order valence-electron chi connectivity index (χ0n) is 20.9. The van der Waals surface area contributed by atoms with Crippen LogP contribution in [0.1, 0.15) is 56.6 Å². The fourth-order valence-corrected chi connectivity index (χ4v) is 5.51. The van der Waals surface area contributed by atoms with E-state index in [1.54, 1.807) is 41.2 Å². The first-order valence-corrected chi connectivity index (χ1v) is 12.8. The maximum absolute atomic E-state index is 15.6. The number of likely N-dealkylation sites (tertiary alicyclic amines) is 1. The molecule has 6 rings (SSSR count). The Bertz CT molecular complexity index is 1540. The lowest BCUT2D eigenvalue weighted by molar-refractivity contribution is 0.0919. The second kappa shape index (κ2) is 9.96. The second-order valence-corrected chi connectivity index (χ2v) is 9.88. The monoisotopic (exact) mass is 509 g/mol. The third-order valence-electron chi connectivity index (χ3n) is 7.45. The van der Waals surface area contributed by atoms with Gasteiger partial charge in [-0.3, -0.25) is 24.4 Å². The molecule has 3 heterocycles. The van der Waals surface area contributed by atoms with Gasteiger partial charge in [0.25, 0.3) is 0 Å². The summed E-state index contributed by atoms with van der Waals surface area (Å²) < 4.78 is 17.3. The van der Waals surface area contributed by atoms with Crippen LogP contribution in [0.25, 0.3) is 16.8 Å². The lowest BCUT2D eigenvalue weighted by atomic mass is 9.92. The molecule has 0 aliphatic carbocycles. The maximum Gasteiger partial charge on any atom is 0.248 e. The number of hydrogen-bond donors (Lipinski definition) is 2. The van der Waals surface area contributed by atoms with Gasteiger partial charge in [-0.2, -0.15) is 0 Å². The summed E-state index contributed by atoms with van der Waals surface area (Å²) in [6.45, 7) is 3.32. The van der Waals surface area contributed by atoms with Crippen molar-refractivity contribution in [3.8, 4) is 16.8 Å². The molecule has 8 heteroatoms. The Balaban J connectivity index is 1.31. The van der Waals surface area contributed by atoms with Gasteiger partial charge in [0.2, 0.25) is 11.7 Å². The van der Waals surface area contributed by atoms with E-state index in [2.05, 4.69) is 21.3 Å². The van der Waals surface area contributed by atoms with E-state index in [1.807, 2.05) is 24.3 Å². The summed E-state index contributed by atoms with van der Waals surface area (Å²) in [5, 5.41) is 3.15. The van der Waals surface area contributed by atoms with Crippen molar-refractivity contribution in [1.82, 2.24) is 19.8 Å². The Morgan fingerprint density at radius 2 is 1.87 bits per heavy atom. The number of hydrogen-bond acceptors (Lipinski definition) is 5. The molecule has 1 saturated heterocycles. The number of imidazole rings is 1. The van der Waals surface area contributed by atoms with Crippen LogP contribution in [0, 0.1) is 5.82 Å². The number of rotatable bonds is 6. The van der Waals surface area contributed by atoms with Crippen LogP contribution in [0.3, 0.4) is 0 Å². The molecular formula is C30H28FN5O2. The van der Waals surface area contributed by atoms with Crippen molar-refractivity contribution in [1.29, 1.82) is 0 Å². The Labute approximate surface area is 220 Å². The fraction of sp³-hybridized carbons (Fsp3) is 0.233. The molecule has 38 heavy (non-hydrogen) atoms. The molecule has 0 saturated carbocycles.